The van der Waals surface area contributed by atoms with E-state index in [1.54, 1.807) is 13.0 Å². The van der Waals surface area contributed by atoms with Crippen LogP contribution in [0.3, 0.4) is 0 Å². The predicted molar refractivity (Wildman–Crippen MR) is 74.9 cm³/mol. The molecule has 0 heterocycles. The van der Waals surface area contributed by atoms with Crippen LogP contribution in [0.5, 0.6) is 11.5 Å². The van der Waals surface area contributed by atoms with Crippen molar-refractivity contribution < 1.29 is 19.2 Å². The molecule has 1 N–H and O–H groups in total. The molecule has 0 saturated heterocycles. The number of rotatable bonds is 4. The molecule has 0 fully saturated rings. The third-order valence-corrected chi connectivity index (χ3v) is 2.95. The van der Waals surface area contributed by atoms with E-state index >= 15 is 0 Å². The van der Waals surface area contributed by atoms with Gasteiger partial charge in [-0.15, -0.1) is 0 Å². The van der Waals surface area contributed by atoms with Crippen molar-refractivity contribution in [3.63, 3.8) is 0 Å². The highest BCUT2D eigenvalue weighted by Gasteiger charge is 2.18. The van der Waals surface area contributed by atoms with E-state index in [2.05, 4.69) is 0 Å². The summed E-state index contributed by atoms with van der Waals surface area (Å²) in [6.45, 7) is 3.20. The van der Waals surface area contributed by atoms with Crippen LogP contribution in [-0.4, -0.2) is 10.0 Å². The lowest BCUT2D eigenvalue weighted by Gasteiger charge is -2.13. The first kappa shape index (κ1) is 14.9. The molecule has 0 bridgehead atoms. The average molecular weight is 291 g/mol. The molecule has 0 aliphatic heterocycles. The Balaban J connectivity index is 2.46. The van der Waals surface area contributed by atoms with Gasteiger partial charge in [0.2, 0.25) is 5.75 Å². The van der Waals surface area contributed by atoms with E-state index in [9.17, 15) is 19.6 Å². The number of aliphatic hydroxyl groups is 1. The summed E-state index contributed by atoms with van der Waals surface area (Å²) in [5.74, 6) is -0.297. The van der Waals surface area contributed by atoms with E-state index in [1.165, 1.54) is 31.2 Å². The van der Waals surface area contributed by atoms with E-state index in [-0.39, 0.29) is 22.7 Å². The van der Waals surface area contributed by atoms with Crippen molar-refractivity contribution in [1.82, 2.24) is 0 Å². The van der Waals surface area contributed by atoms with Gasteiger partial charge in [0.1, 0.15) is 11.6 Å². The van der Waals surface area contributed by atoms with Crippen LogP contribution < -0.4 is 4.74 Å². The molecule has 2 rings (SSSR count). The van der Waals surface area contributed by atoms with Gasteiger partial charge in [-0.2, -0.15) is 0 Å². The van der Waals surface area contributed by atoms with Gasteiger partial charge in [-0.1, -0.05) is 6.07 Å². The third-order valence-electron chi connectivity index (χ3n) is 2.95. The summed E-state index contributed by atoms with van der Waals surface area (Å²) in [5, 5.41) is 20.7. The molecule has 1 atom stereocenters. The lowest BCUT2D eigenvalue weighted by atomic mass is 10.1. The number of halogens is 1. The highest BCUT2D eigenvalue weighted by Crippen LogP contribution is 2.35. The first-order valence-corrected chi connectivity index (χ1v) is 6.29. The third kappa shape index (κ3) is 3.35. The van der Waals surface area contributed by atoms with E-state index in [0.717, 1.165) is 11.6 Å². The van der Waals surface area contributed by atoms with Crippen LogP contribution in [0.15, 0.2) is 36.4 Å². The van der Waals surface area contributed by atoms with Crippen LogP contribution in [0.25, 0.3) is 0 Å². The normalized spacial score (nSPS) is 12.0. The van der Waals surface area contributed by atoms with Crippen molar-refractivity contribution in [2.24, 2.45) is 0 Å². The monoisotopic (exact) mass is 291 g/mol. The van der Waals surface area contributed by atoms with Gasteiger partial charge in [0.15, 0.2) is 0 Å². The molecule has 110 valence electrons. The maximum absolute atomic E-state index is 13.2. The van der Waals surface area contributed by atoms with Gasteiger partial charge in [0.25, 0.3) is 0 Å². The smallest absolute Gasteiger partial charge is 0.311 e. The molecule has 2 aromatic rings. The zero-order chi connectivity index (χ0) is 15.6. The molecular weight excluding hydrogens is 277 g/mol. The van der Waals surface area contributed by atoms with E-state index in [1.807, 2.05) is 0 Å². The predicted octanol–water partition coefficient (Wildman–Crippen LogP) is 3.89. The van der Waals surface area contributed by atoms with Crippen molar-refractivity contribution in [2.45, 2.75) is 20.0 Å². The number of nitro groups is 1. The number of nitrogens with zero attached hydrogens (tertiary/aromatic N) is 1. The molecular formula is C15H14FNO4. The Morgan fingerprint density at radius 3 is 2.52 bits per heavy atom. The first-order chi connectivity index (χ1) is 9.88. The summed E-state index contributed by atoms with van der Waals surface area (Å²) in [5.41, 5.74) is 0.768. The molecule has 0 aromatic heterocycles. The Morgan fingerprint density at radius 1 is 1.24 bits per heavy atom. The number of hydrogen-bond donors (Lipinski definition) is 1. The molecule has 2 aromatic carbocycles. The maximum Gasteiger partial charge on any atom is 0.311 e. The Labute approximate surface area is 120 Å². The summed E-state index contributed by atoms with van der Waals surface area (Å²) < 4.78 is 18.7. The highest BCUT2D eigenvalue weighted by atomic mass is 19.1. The second-order valence-corrected chi connectivity index (χ2v) is 4.69. The Bertz CT molecular complexity index is 685. The number of aliphatic hydroxyl groups excluding tert-OH is 1. The van der Waals surface area contributed by atoms with Crippen LogP contribution >= 0.6 is 0 Å². The summed E-state index contributed by atoms with van der Waals surface area (Å²) in [4.78, 5) is 10.5. The fourth-order valence-corrected chi connectivity index (χ4v) is 1.91. The van der Waals surface area contributed by atoms with Crippen molar-refractivity contribution >= 4 is 5.69 Å². The van der Waals surface area contributed by atoms with Gasteiger partial charge in [0, 0.05) is 11.6 Å². The first-order valence-electron chi connectivity index (χ1n) is 6.29. The van der Waals surface area contributed by atoms with E-state index in [4.69, 9.17) is 4.74 Å². The minimum Gasteiger partial charge on any atom is -0.450 e. The number of ether oxygens (including phenoxy) is 1. The average Bonchev–Trinajstić information content (AvgIpc) is 2.42. The van der Waals surface area contributed by atoms with Gasteiger partial charge in [0.05, 0.1) is 11.0 Å². The van der Waals surface area contributed by atoms with Crippen LogP contribution in [0.1, 0.15) is 24.2 Å². The fourth-order valence-electron chi connectivity index (χ4n) is 1.91. The molecule has 0 unspecified atom stereocenters. The number of benzene rings is 2. The molecule has 0 amide bonds. The van der Waals surface area contributed by atoms with E-state index in [0.29, 0.717) is 0 Å². The Kier molecular flexibility index (Phi) is 4.18. The van der Waals surface area contributed by atoms with Crippen LogP contribution in [-0.2, 0) is 0 Å². The van der Waals surface area contributed by atoms with E-state index < -0.39 is 16.8 Å². The molecule has 0 spiro atoms. The van der Waals surface area contributed by atoms with Crippen molar-refractivity contribution in [1.29, 1.82) is 0 Å². The standard InChI is InChI=1S/C15H14FNO4/c1-9-3-5-15(13(7-9)17(19)20)21-14-6-4-11(16)8-12(14)10(2)18/h3-8,10,18H,1-2H3/t10-/m1/s1. The highest BCUT2D eigenvalue weighted by molar-refractivity contribution is 5.51. The largest absolute Gasteiger partial charge is 0.450 e. The van der Waals surface area contributed by atoms with Crippen LogP contribution in [0.4, 0.5) is 10.1 Å². The number of nitro benzene ring substituents is 1. The Hall–Kier alpha value is -2.47. The summed E-state index contributed by atoms with van der Waals surface area (Å²) in [6.07, 6.45) is -0.958. The molecule has 0 aliphatic carbocycles. The lowest BCUT2D eigenvalue weighted by Crippen LogP contribution is -1.99. The zero-order valence-corrected chi connectivity index (χ0v) is 11.5. The van der Waals surface area contributed by atoms with Crippen molar-refractivity contribution in [3.8, 4) is 11.5 Å². The lowest BCUT2D eigenvalue weighted by molar-refractivity contribution is -0.385. The maximum atomic E-state index is 13.2. The second-order valence-electron chi connectivity index (χ2n) is 4.69. The van der Waals surface area contributed by atoms with Crippen molar-refractivity contribution in [3.05, 3.63) is 63.5 Å². The molecule has 21 heavy (non-hydrogen) atoms. The molecule has 5 nitrogen and oxygen atoms in total. The summed E-state index contributed by atoms with van der Waals surface area (Å²) in [6, 6.07) is 8.18. The SMILES string of the molecule is Cc1ccc(Oc2ccc(F)cc2[C@@H](C)O)c([N+](=O)[O-])c1. The van der Waals surface area contributed by atoms with Crippen LogP contribution in [0.2, 0.25) is 0 Å². The minimum absolute atomic E-state index is 0.0408. The van der Waals surface area contributed by atoms with Crippen LogP contribution in [0, 0.1) is 22.9 Å². The molecule has 0 aliphatic rings. The van der Waals surface area contributed by atoms with Gasteiger partial charge in [-0.05, 0) is 43.7 Å². The van der Waals surface area contributed by atoms with Gasteiger partial charge in [-0.25, -0.2) is 4.39 Å². The van der Waals surface area contributed by atoms with Gasteiger partial charge < -0.3 is 9.84 Å². The second kappa shape index (κ2) is 5.88. The topological polar surface area (TPSA) is 72.6 Å². The zero-order valence-electron chi connectivity index (χ0n) is 11.5. The van der Waals surface area contributed by atoms with Gasteiger partial charge in [-0.3, -0.25) is 10.1 Å². The number of hydrogen-bond acceptors (Lipinski definition) is 4. The summed E-state index contributed by atoms with van der Waals surface area (Å²) in [7, 11) is 0. The summed E-state index contributed by atoms with van der Waals surface area (Å²) >= 11 is 0. The van der Waals surface area contributed by atoms with Gasteiger partial charge >= 0.3 is 5.69 Å². The number of aryl methyl sites for hydroxylation is 1. The quantitative estimate of drug-likeness (QED) is 0.685. The van der Waals surface area contributed by atoms with Crippen molar-refractivity contribution in [2.75, 3.05) is 0 Å². The molecule has 0 saturated carbocycles. The Morgan fingerprint density at radius 2 is 1.90 bits per heavy atom. The molecule has 6 heteroatoms. The minimum atomic E-state index is -0.958. The fraction of sp³-hybridized carbons (Fsp3) is 0.200. The molecule has 0 radical (unpaired) electrons.